The average molecular weight is 290 g/mol. The van der Waals surface area contributed by atoms with Crippen LogP contribution in [-0.2, 0) is 0 Å². The second-order valence-electron chi connectivity index (χ2n) is 4.21. The summed E-state index contributed by atoms with van der Waals surface area (Å²) < 4.78 is 57.5. The van der Waals surface area contributed by atoms with Gasteiger partial charge >= 0.3 is 0 Å². The van der Waals surface area contributed by atoms with E-state index in [0.29, 0.717) is 6.42 Å². The molecule has 0 fully saturated rings. The van der Waals surface area contributed by atoms with Gasteiger partial charge < -0.3 is 4.74 Å². The van der Waals surface area contributed by atoms with E-state index in [2.05, 4.69) is 0 Å². The number of hydrogen-bond donors (Lipinski definition) is 0. The van der Waals surface area contributed by atoms with E-state index in [0.717, 1.165) is 6.42 Å². The molecule has 112 valence electrons. The molecule has 0 aliphatic rings. The molecular weight excluding hydrogens is 272 g/mol. The van der Waals surface area contributed by atoms with Gasteiger partial charge in [0.15, 0.2) is 0 Å². The number of rotatable bonds is 7. The quantitative estimate of drug-likeness (QED) is 0.579. The van der Waals surface area contributed by atoms with Crippen LogP contribution in [0.3, 0.4) is 0 Å². The highest BCUT2D eigenvalue weighted by molar-refractivity contribution is 5.60. The molecule has 5 heteroatoms. The Kier molecular flexibility index (Phi) is 6.55. The molecule has 0 heterocycles. The zero-order valence-electron chi connectivity index (χ0n) is 11.5. The van der Waals surface area contributed by atoms with Gasteiger partial charge in [0.1, 0.15) is 5.75 Å². The zero-order valence-corrected chi connectivity index (χ0v) is 11.5. The van der Waals surface area contributed by atoms with Gasteiger partial charge in [-0.3, -0.25) is 0 Å². The summed E-state index contributed by atoms with van der Waals surface area (Å²) in [6.45, 7) is 3.71. The van der Waals surface area contributed by atoms with Crippen molar-refractivity contribution in [1.29, 1.82) is 0 Å². The molecule has 0 unspecified atom stereocenters. The normalized spacial score (nSPS) is 11.8. The number of alkyl halides is 4. The molecule has 0 aliphatic heterocycles. The summed E-state index contributed by atoms with van der Waals surface area (Å²) in [5, 5.41) is 0. The molecule has 0 aromatic heterocycles. The van der Waals surface area contributed by atoms with E-state index in [4.69, 9.17) is 4.74 Å². The van der Waals surface area contributed by atoms with Gasteiger partial charge in [0.2, 0.25) is 0 Å². The maximum Gasteiger partial charge on any atom is 0.267 e. The van der Waals surface area contributed by atoms with Gasteiger partial charge in [-0.25, -0.2) is 17.6 Å². The van der Waals surface area contributed by atoms with E-state index in [1.54, 1.807) is 13.0 Å². The van der Waals surface area contributed by atoms with E-state index in [1.807, 2.05) is 6.92 Å². The first kappa shape index (κ1) is 16.5. The van der Waals surface area contributed by atoms with Crippen molar-refractivity contribution in [1.82, 2.24) is 0 Å². The SMILES string of the molecule is CCC/C=C/c1ccc(OCC)c(C(F)F)c1C(F)F. The first-order valence-corrected chi connectivity index (χ1v) is 6.55. The van der Waals surface area contributed by atoms with Crippen LogP contribution in [0.15, 0.2) is 18.2 Å². The topological polar surface area (TPSA) is 9.23 Å². The van der Waals surface area contributed by atoms with Crippen LogP contribution in [0.1, 0.15) is 56.2 Å². The van der Waals surface area contributed by atoms with Crippen LogP contribution in [-0.4, -0.2) is 6.61 Å². The number of unbranched alkanes of at least 4 members (excludes halogenated alkanes) is 1. The Morgan fingerprint density at radius 2 is 1.70 bits per heavy atom. The van der Waals surface area contributed by atoms with Crippen LogP contribution in [0.5, 0.6) is 5.75 Å². The Morgan fingerprint density at radius 1 is 1.05 bits per heavy atom. The maximum absolute atomic E-state index is 13.2. The molecule has 1 nitrogen and oxygen atoms in total. The largest absolute Gasteiger partial charge is 0.493 e. The van der Waals surface area contributed by atoms with E-state index in [1.165, 1.54) is 18.2 Å². The van der Waals surface area contributed by atoms with Crippen molar-refractivity contribution in [3.63, 3.8) is 0 Å². The van der Waals surface area contributed by atoms with Gasteiger partial charge in [0.05, 0.1) is 12.2 Å². The standard InChI is InChI=1S/C15H18F4O/c1-3-5-6-7-10-8-9-11(20-4-2)13(15(18)19)12(10)14(16)17/h6-9,14-15H,3-5H2,1-2H3/b7-6+. The fourth-order valence-corrected chi connectivity index (χ4v) is 1.91. The molecule has 0 aliphatic carbocycles. The number of allylic oxidation sites excluding steroid dienone is 1. The summed E-state index contributed by atoms with van der Waals surface area (Å²) in [5.74, 6) is -0.176. The zero-order chi connectivity index (χ0) is 15.1. The molecule has 0 saturated carbocycles. The van der Waals surface area contributed by atoms with Crippen LogP contribution >= 0.6 is 0 Å². The number of hydrogen-bond acceptors (Lipinski definition) is 1. The lowest BCUT2D eigenvalue weighted by Gasteiger charge is -2.16. The van der Waals surface area contributed by atoms with Gasteiger partial charge in [-0.05, 0) is 25.0 Å². The lowest BCUT2D eigenvalue weighted by molar-refractivity contribution is 0.120. The summed E-state index contributed by atoms with van der Waals surface area (Å²) in [7, 11) is 0. The fraction of sp³-hybridized carbons (Fsp3) is 0.467. The highest BCUT2D eigenvalue weighted by Gasteiger charge is 2.26. The summed E-state index contributed by atoms with van der Waals surface area (Å²) >= 11 is 0. The minimum atomic E-state index is -3.00. The summed E-state index contributed by atoms with van der Waals surface area (Å²) in [6, 6.07) is 2.72. The van der Waals surface area contributed by atoms with E-state index >= 15 is 0 Å². The summed E-state index contributed by atoms with van der Waals surface area (Å²) in [5.41, 5.74) is -1.23. The molecular formula is C15H18F4O. The van der Waals surface area contributed by atoms with Crippen molar-refractivity contribution in [3.8, 4) is 5.75 Å². The highest BCUT2D eigenvalue weighted by atomic mass is 19.3. The van der Waals surface area contributed by atoms with Crippen LogP contribution in [0.2, 0.25) is 0 Å². The van der Waals surface area contributed by atoms with E-state index in [9.17, 15) is 17.6 Å². The second-order valence-corrected chi connectivity index (χ2v) is 4.21. The van der Waals surface area contributed by atoms with Gasteiger partial charge in [0, 0.05) is 5.56 Å². The third-order valence-corrected chi connectivity index (χ3v) is 2.77. The molecule has 0 radical (unpaired) electrons. The Morgan fingerprint density at radius 3 is 2.20 bits per heavy atom. The average Bonchev–Trinajstić information content (AvgIpc) is 2.39. The van der Waals surface area contributed by atoms with E-state index < -0.39 is 24.0 Å². The first-order chi connectivity index (χ1) is 9.52. The van der Waals surface area contributed by atoms with Crippen LogP contribution in [0.25, 0.3) is 6.08 Å². The molecule has 0 bridgehead atoms. The number of ether oxygens (including phenoxy) is 1. The second kappa shape index (κ2) is 7.92. The molecule has 1 aromatic carbocycles. The molecule has 0 amide bonds. The van der Waals surface area contributed by atoms with Crippen molar-refractivity contribution >= 4 is 6.08 Å². The maximum atomic E-state index is 13.2. The molecule has 0 saturated heterocycles. The lowest BCUT2D eigenvalue weighted by Crippen LogP contribution is -2.04. The fourth-order valence-electron chi connectivity index (χ4n) is 1.91. The minimum Gasteiger partial charge on any atom is -0.493 e. The molecule has 0 spiro atoms. The van der Waals surface area contributed by atoms with Gasteiger partial charge in [0.25, 0.3) is 12.9 Å². The summed E-state index contributed by atoms with van der Waals surface area (Å²) in [4.78, 5) is 0. The van der Waals surface area contributed by atoms with Crippen LogP contribution in [0.4, 0.5) is 17.6 Å². The van der Waals surface area contributed by atoms with Gasteiger partial charge in [-0.2, -0.15) is 0 Å². The molecule has 0 atom stereocenters. The van der Waals surface area contributed by atoms with Crippen molar-refractivity contribution in [2.24, 2.45) is 0 Å². The van der Waals surface area contributed by atoms with Crippen LogP contribution in [0, 0.1) is 0 Å². The van der Waals surface area contributed by atoms with Crippen molar-refractivity contribution in [3.05, 3.63) is 34.9 Å². The van der Waals surface area contributed by atoms with Gasteiger partial charge in [-0.1, -0.05) is 31.6 Å². The Hall–Kier alpha value is -1.52. The predicted molar refractivity (Wildman–Crippen MR) is 71.5 cm³/mol. The van der Waals surface area contributed by atoms with Crippen molar-refractivity contribution in [2.45, 2.75) is 39.5 Å². The smallest absolute Gasteiger partial charge is 0.267 e. The van der Waals surface area contributed by atoms with Gasteiger partial charge in [-0.15, -0.1) is 0 Å². The molecule has 20 heavy (non-hydrogen) atoms. The molecule has 0 N–H and O–H groups in total. The third-order valence-electron chi connectivity index (χ3n) is 2.77. The molecule has 1 rings (SSSR count). The highest BCUT2D eigenvalue weighted by Crippen LogP contribution is 2.39. The lowest BCUT2D eigenvalue weighted by atomic mass is 9.99. The predicted octanol–water partition coefficient (Wildman–Crippen LogP) is 5.77. The van der Waals surface area contributed by atoms with Crippen molar-refractivity contribution < 1.29 is 22.3 Å². The van der Waals surface area contributed by atoms with Crippen molar-refractivity contribution in [2.75, 3.05) is 6.61 Å². The number of halogens is 4. The third kappa shape index (κ3) is 3.99. The minimum absolute atomic E-state index is 0.118. The Bertz CT molecular complexity index is 455. The Balaban J connectivity index is 3.36. The number of benzene rings is 1. The molecule has 1 aromatic rings. The van der Waals surface area contributed by atoms with Crippen LogP contribution < -0.4 is 4.74 Å². The monoisotopic (exact) mass is 290 g/mol. The van der Waals surface area contributed by atoms with E-state index in [-0.39, 0.29) is 17.9 Å². The summed E-state index contributed by atoms with van der Waals surface area (Å²) in [6.07, 6.45) is -1.23. The first-order valence-electron chi connectivity index (χ1n) is 6.55. The Labute approximate surface area is 116 Å².